The molecule has 18 heavy (non-hydrogen) atoms. The van der Waals surface area contributed by atoms with E-state index in [2.05, 4.69) is 13.8 Å². The number of carbonyl (C=O) groups excluding carboxylic acids is 1. The largest absolute Gasteiger partial charge is 0.481 e. The van der Waals surface area contributed by atoms with Crippen LogP contribution in [0.4, 0.5) is 0 Å². The number of rotatable bonds is 7. The monoisotopic (exact) mass is 255 g/mol. The Balaban J connectivity index is 2.64. The number of carboxylic acids is 1. The normalized spacial score (nSPS) is 19.5. The highest BCUT2D eigenvalue weighted by atomic mass is 16.4. The van der Waals surface area contributed by atoms with Crippen LogP contribution in [-0.2, 0) is 9.59 Å². The molecule has 0 spiro atoms. The molecule has 1 rings (SSSR count). The van der Waals surface area contributed by atoms with Gasteiger partial charge in [0, 0.05) is 18.5 Å². The summed E-state index contributed by atoms with van der Waals surface area (Å²) in [6.07, 6.45) is 5.72. The van der Waals surface area contributed by atoms with Crippen molar-refractivity contribution in [2.45, 2.75) is 64.8 Å². The summed E-state index contributed by atoms with van der Waals surface area (Å²) in [5.41, 5.74) is 0. The number of hydrogen-bond acceptors (Lipinski definition) is 2. The number of likely N-dealkylation sites (tertiary alicyclic amines) is 1. The predicted octanol–water partition coefficient (Wildman–Crippen LogP) is 2.67. The summed E-state index contributed by atoms with van der Waals surface area (Å²) in [7, 11) is 0. The first kappa shape index (κ1) is 15.0. The maximum absolute atomic E-state index is 12.5. The summed E-state index contributed by atoms with van der Waals surface area (Å²) in [4.78, 5) is 25.1. The lowest BCUT2D eigenvalue weighted by molar-refractivity contribution is -0.141. The number of carboxylic acid groups (broad SMARTS) is 1. The lowest BCUT2D eigenvalue weighted by atomic mass is 9.96. The van der Waals surface area contributed by atoms with Crippen molar-refractivity contribution in [1.29, 1.82) is 0 Å². The van der Waals surface area contributed by atoms with E-state index >= 15 is 0 Å². The number of carbonyl (C=O) groups is 2. The average molecular weight is 255 g/mol. The maximum atomic E-state index is 12.5. The second kappa shape index (κ2) is 7.39. The summed E-state index contributed by atoms with van der Waals surface area (Å²) in [6.45, 7) is 4.92. The summed E-state index contributed by atoms with van der Waals surface area (Å²) in [5, 5.41) is 8.88. The third-order valence-electron chi connectivity index (χ3n) is 3.69. The zero-order chi connectivity index (χ0) is 13.5. The number of amides is 1. The van der Waals surface area contributed by atoms with Gasteiger partial charge in [-0.15, -0.1) is 0 Å². The summed E-state index contributed by atoms with van der Waals surface area (Å²) < 4.78 is 0. The summed E-state index contributed by atoms with van der Waals surface area (Å²) >= 11 is 0. The molecule has 104 valence electrons. The molecule has 1 saturated heterocycles. The molecule has 1 atom stereocenters. The Kier molecular flexibility index (Phi) is 6.16. The Morgan fingerprint density at radius 3 is 2.39 bits per heavy atom. The molecule has 1 aliphatic heterocycles. The van der Waals surface area contributed by atoms with Gasteiger partial charge in [0.25, 0.3) is 0 Å². The van der Waals surface area contributed by atoms with Crippen molar-refractivity contribution < 1.29 is 14.7 Å². The average Bonchev–Trinajstić information content (AvgIpc) is 2.75. The molecule has 1 fully saturated rings. The van der Waals surface area contributed by atoms with Gasteiger partial charge in [-0.1, -0.05) is 26.7 Å². The molecule has 0 saturated carbocycles. The van der Waals surface area contributed by atoms with Gasteiger partial charge in [0.05, 0.1) is 6.42 Å². The van der Waals surface area contributed by atoms with E-state index in [-0.39, 0.29) is 24.3 Å². The minimum absolute atomic E-state index is 0.0776. The van der Waals surface area contributed by atoms with E-state index in [4.69, 9.17) is 5.11 Å². The Bertz CT molecular complexity index is 285. The Hall–Kier alpha value is -1.06. The van der Waals surface area contributed by atoms with Crippen LogP contribution in [-0.4, -0.2) is 34.5 Å². The number of nitrogens with zero attached hydrogens (tertiary/aromatic N) is 1. The molecule has 1 unspecified atom stereocenters. The smallest absolute Gasteiger partial charge is 0.305 e. The van der Waals surface area contributed by atoms with Crippen molar-refractivity contribution >= 4 is 11.9 Å². The van der Waals surface area contributed by atoms with Crippen molar-refractivity contribution in [1.82, 2.24) is 4.90 Å². The van der Waals surface area contributed by atoms with Crippen LogP contribution in [0.5, 0.6) is 0 Å². The molecular formula is C14H25NO3. The van der Waals surface area contributed by atoms with Gasteiger partial charge in [0.2, 0.25) is 5.91 Å². The summed E-state index contributed by atoms with van der Waals surface area (Å²) in [6, 6.07) is -0.0776. The minimum Gasteiger partial charge on any atom is -0.481 e. The van der Waals surface area contributed by atoms with E-state index in [0.29, 0.717) is 0 Å². The highest BCUT2D eigenvalue weighted by molar-refractivity contribution is 5.80. The molecule has 4 heteroatoms. The summed E-state index contributed by atoms with van der Waals surface area (Å²) in [5.74, 6) is -0.529. The van der Waals surface area contributed by atoms with Crippen molar-refractivity contribution in [3.05, 3.63) is 0 Å². The number of hydrogen-bond donors (Lipinski definition) is 1. The molecule has 0 aromatic rings. The molecule has 1 amide bonds. The van der Waals surface area contributed by atoms with Gasteiger partial charge in [-0.2, -0.15) is 0 Å². The van der Waals surface area contributed by atoms with Crippen molar-refractivity contribution in [2.24, 2.45) is 5.92 Å². The van der Waals surface area contributed by atoms with Gasteiger partial charge >= 0.3 is 5.97 Å². The third-order valence-corrected chi connectivity index (χ3v) is 3.69. The molecule has 1 N–H and O–H groups in total. The van der Waals surface area contributed by atoms with Gasteiger partial charge in [-0.3, -0.25) is 9.59 Å². The van der Waals surface area contributed by atoms with Crippen LogP contribution in [0.3, 0.4) is 0 Å². The zero-order valence-corrected chi connectivity index (χ0v) is 11.5. The second-order valence-electron chi connectivity index (χ2n) is 5.20. The van der Waals surface area contributed by atoms with Crippen molar-refractivity contribution in [3.63, 3.8) is 0 Å². The van der Waals surface area contributed by atoms with Crippen LogP contribution in [0.25, 0.3) is 0 Å². The molecule has 0 bridgehead atoms. The lowest BCUT2D eigenvalue weighted by Crippen LogP contribution is -2.40. The fourth-order valence-corrected chi connectivity index (χ4v) is 2.86. The Labute approximate surface area is 109 Å². The van der Waals surface area contributed by atoms with Gasteiger partial charge in [-0.25, -0.2) is 0 Å². The van der Waals surface area contributed by atoms with Crippen molar-refractivity contribution in [3.8, 4) is 0 Å². The van der Waals surface area contributed by atoms with Gasteiger partial charge in [0.15, 0.2) is 0 Å². The minimum atomic E-state index is -0.803. The van der Waals surface area contributed by atoms with E-state index in [9.17, 15) is 9.59 Å². The van der Waals surface area contributed by atoms with Gasteiger partial charge in [0.1, 0.15) is 0 Å². The highest BCUT2D eigenvalue weighted by Gasteiger charge is 2.33. The van der Waals surface area contributed by atoms with Crippen LogP contribution in [0, 0.1) is 5.92 Å². The predicted molar refractivity (Wildman–Crippen MR) is 70.3 cm³/mol. The van der Waals surface area contributed by atoms with E-state index in [1.807, 2.05) is 4.90 Å². The lowest BCUT2D eigenvalue weighted by Gasteiger charge is -2.28. The highest BCUT2D eigenvalue weighted by Crippen LogP contribution is 2.25. The molecule has 1 aliphatic rings. The SMILES string of the molecule is CCCC(CCC)C(=O)N1CCCC1CC(=O)O. The molecule has 1 heterocycles. The standard InChI is InChI=1S/C14H25NO3/c1-3-6-11(7-4-2)14(18)15-9-5-8-12(15)10-13(16)17/h11-12H,3-10H2,1-2H3,(H,16,17). The van der Waals surface area contributed by atoms with Gasteiger partial charge < -0.3 is 10.0 Å². The fourth-order valence-electron chi connectivity index (χ4n) is 2.86. The quantitative estimate of drug-likeness (QED) is 0.761. The Morgan fingerprint density at radius 2 is 1.89 bits per heavy atom. The molecular weight excluding hydrogens is 230 g/mol. The first-order chi connectivity index (χ1) is 8.60. The second-order valence-corrected chi connectivity index (χ2v) is 5.20. The molecule has 0 aromatic carbocycles. The Morgan fingerprint density at radius 1 is 1.28 bits per heavy atom. The van der Waals surface area contributed by atoms with E-state index in [1.165, 1.54) is 0 Å². The van der Waals surface area contributed by atoms with E-state index in [0.717, 1.165) is 45.1 Å². The van der Waals surface area contributed by atoms with Crippen molar-refractivity contribution in [2.75, 3.05) is 6.54 Å². The molecule has 0 aliphatic carbocycles. The van der Waals surface area contributed by atoms with Crippen LogP contribution >= 0.6 is 0 Å². The molecule has 0 radical (unpaired) electrons. The van der Waals surface area contributed by atoms with Crippen LogP contribution in [0.2, 0.25) is 0 Å². The first-order valence-corrected chi connectivity index (χ1v) is 7.12. The van der Waals surface area contributed by atoms with Crippen LogP contribution in [0.1, 0.15) is 58.8 Å². The van der Waals surface area contributed by atoms with E-state index in [1.54, 1.807) is 0 Å². The molecule has 4 nitrogen and oxygen atoms in total. The van der Waals surface area contributed by atoms with Crippen LogP contribution in [0.15, 0.2) is 0 Å². The molecule has 0 aromatic heterocycles. The fraction of sp³-hybridized carbons (Fsp3) is 0.857. The van der Waals surface area contributed by atoms with Crippen LogP contribution < -0.4 is 0 Å². The third kappa shape index (κ3) is 4.00. The zero-order valence-electron chi connectivity index (χ0n) is 11.5. The van der Waals surface area contributed by atoms with Gasteiger partial charge in [-0.05, 0) is 25.7 Å². The van der Waals surface area contributed by atoms with E-state index < -0.39 is 5.97 Å². The number of aliphatic carboxylic acids is 1. The topological polar surface area (TPSA) is 57.6 Å². The first-order valence-electron chi connectivity index (χ1n) is 7.12. The maximum Gasteiger partial charge on any atom is 0.305 e.